The number of aliphatic imine (C=N–C) groups is 1. The number of hydrogen-bond donors (Lipinski definition) is 1. The zero-order chi connectivity index (χ0) is 17.4. The molecular formula is C18H27N3O3. The van der Waals surface area contributed by atoms with Crippen LogP contribution in [0.3, 0.4) is 0 Å². The summed E-state index contributed by atoms with van der Waals surface area (Å²) in [6.45, 7) is 3.03. The van der Waals surface area contributed by atoms with Gasteiger partial charge in [-0.15, -0.1) is 0 Å². The van der Waals surface area contributed by atoms with Crippen LogP contribution >= 0.6 is 0 Å². The van der Waals surface area contributed by atoms with E-state index in [9.17, 15) is 4.79 Å². The van der Waals surface area contributed by atoms with E-state index in [1.165, 1.54) is 20.0 Å². The highest BCUT2D eigenvalue weighted by atomic mass is 16.5. The van der Waals surface area contributed by atoms with Crippen LogP contribution < -0.4 is 5.32 Å². The Balaban J connectivity index is 1.74. The van der Waals surface area contributed by atoms with E-state index in [-0.39, 0.29) is 5.97 Å². The van der Waals surface area contributed by atoms with E-state index in [1.54, 1.807) is 19.2 Å². The molecule has 0 unspecified atom stereocenters. The molecule has 0 aliphatic heterocycles. The molecule has 0 saturated heterocycles. The number of rotatable bonds is 8. The Labute approximate surface area is 143 Å². The topological polar surface area (TPSA) is 63.2 Å². The molecule has 0 atom stereocenters. The van der Waals surface area contributed by atoms with Crippen LogP contribution in [0, 0.1) is 5.92 Å². The molecule has 1 aromatic carbocycles. The molecule has 0 amide bonds. The van der Waals surface area contributed by atoms with Crippen LogP contribution in [0.4, 0.5) is 0 Å². The number of nitrogens with zero attached hydrogens (tertiary/aromatic N) is 2. The van der Waals surface area contributed by atoms with Crippen molar-refractivity contribution in [3.05, 3.63) is 35.4 Å². The normalized spacial score (nSPS) is 14.4. The van der Waals surface area contributed by atoms with Crippen molar-refractivity contribution in [1.29, 1.82) is 0 Å². The highest BCUT2D eigenvalue weighted by molar-refractivity contribution is 5.89. The molecule has 1 aliphatic carbocycles. The van der Waals surface area contributed by atoms with Crippen molar-refractivity contribution in [2.75, 3.05) is 41.0 Å². The summed E-state index contributed by atoms with van der Waals surface area (Å²) in [7, 11) is 5.15. The second kappa shape index (κ2) is 9.27. The Morgan fingerprint density at radius 3 is 2.62 bits per heavy atom. The van der Waals surface area contributed by atoms with Gasteiger partial charge in [-0.05, 0) is 36.5 Å². The second-order valence-corrected chi connectivity index (χ2v) is 6.03. The van der Waals surface area contributed by atoms with Crippen molar-refractivity contribution in [3.8, 4) is 0 Å². The molecule has 132 valence electrons. The number of hydrogen-bond acceptors (Lipinski definition) is 4. The molecule has 6 nitrogen and oxygen atoms in total. The van der Waals surface area contributed by atoms with Crippen LogP contribution in [0.15, 0.2) is 29.3 Å². The van der Waals surface area contributed by atoms with E-state index in [0.717, 1.165) is 30.6 Å². The number of nitrogens with one attached hydrogen (secondary N) is 1. The van der Waals surface area contributed by atoms with E-state index in [2.05, 4.69) is 15.2 Å². The molecule has 0 heterocycles. The van der Waals surface area contributed by atoms with Gasteiger partial charge in [-0.25, -0.2) is 4.79 Å². The fraction of sp³-hybridized carbons (Fsp3) is 0.556. The second-order valence-electron chi connectivity index (χ2n) is 6.03. The first-order valence-corrected chi connectivity index (χ1v) is 8.30. The van der Waals surface area contributed by atoms with Gasteiger partial charge in [-0.2, -0.15) is 0 Å². The van der Waals surface area contributed by atoms with Gasteiger partial charge in [0.1, 0.15) is 0 Å². The van der Waals surface area contributed by atoms with Crippen LogP contribution in [-0.4, -0.2) is 57.8 Å². The van der Waals surface area contributed by atoms with E-state index < -0.39 is 0 Å². The summed E-state index contributed by atoms with van der Waals surface area (Å²) < 4.78 is 10.4. The summed E-state index contributed by atoms with van der Waals surface area (Å²) in [5, 5.41) is 3.31. The third-order valence-corrected chi connectivity index (χ3v) is 4.02. The van der Waals surface area contributed by atoms with Gasteiger partial charge in [-0.3, -0.25) is 4.99 Å². The van der Waals surface area contributed by atoms with Crippen LogP contribution in [0.1, 0.15) is 28.8 Å². The fourth-order valence-electron chi connectivity index (χ4n) is 2.28. The summed E-state index contributed by atoms with van der Waals surface area (Å²) in [4.78, 5) is 17.8. The largest absolute Gasteiger partial charge is 0.465 e. The Bertz CT molecular complexity index is 553. The minimum atomic E-state index is -0.323. The molecule has 0 radical (unpaired) electrons. The Morgan fingerprint density at radius 2 is 2.04 bits per heavy atom. The SMILES string of the molecule is CN=C(NCc1ccc(C(=O)OC)cc1)N(C)CCOCC1CC1. The monoisotopic (exact) mass is 333 g/mol. The van der Waals surface area contributed by atoms with Crippen molar-refractivity contribution >= 4 is 11.9 Å². The third kappa shape index (κ3) is 5.85. The quantitative estimate of drug-likeness (QED) is 0.341. The fourth-order valence-corrected chi connectivity index (χ4v) is 2.28. The van der Waals surface area contributed by atoms with E-state index >= 15 is 0 Å². The van der Waals surface area contributed by atoms with Crippen LogP contribution in [-0.2, 0) is 16.0 Å². The number of carbonyl (C=O) groups is 1. The molecular weight excluding hydrogens is 306 g/mol. The average Bonchev–Trinajstić information content (AvgIpc) is 3.43. The number of esters is 1. The van der Waals surface area contributed by atoms with E-state index in [1.807, 2.05) is 19.2 Å². The summed E-state index contributed by atoms with van der Waals surface area (Å²) in [6, 6.07) is 7.35. The summed E-state index contributed by atoms with van der Waals surface area (Å²) in [5.74, 6) is 1.29. The lowest BCUT2D eigenvalue weighted by Crippen LogP contribution is -2.40. The molecule has 6 heteroatoms. The molecule has 1 N–H and O–H groups in total. The van der Waals surface area contributed by atoms with Gasteiger partial charge in [0.25, 0.3) is 0 Å². The Hall–Kier alpha value is -2.08. The molecule has 1 aliphatic rings. The predicted molar refractivity (Wildman–Crippen MR) is 94.2 cm³/mol. The minimum Gasteiger partial charge on any atom is -0.465 e. The van der Waals surface area contributed by atoms with Gasteiger partial charge in [0.15, 0.2) is 5.96 Å². The standard InChI is InChI=1S/C18H27N3O3/c1-19-18(21(2)10-11-24-13-15-4-5-15)20-12-14-6-8-16(9-7-14)17(22)23-3/h6-9,15H,4-5,10-13H2,1-3H3,(H,19,20). The maximum atomic E-state index is 11.4. The summed E-state index contributed by atoms with van der Waals surface area (Å²) in [5.41, 5.74) is 1.62. The molecule has 1 aromatic rings. The average molecular weight is 333 g/mol. The van der Waals surface area contributed by atoms with Gasteiger partial charge in [-0.1, -0.05) is 12.1 Å². The Morgan fingerprint density at radius 1 is 1.33 bits per heavy atom. The molecule has 1 saturated carbocycles. The number of ether oxygens (including phenoxy) is 2. The van der Waals surface area contributed by atoms with E-state index in [4.69, 9.17) is 9.47 Å². The summed E-state index contributed by atoms with van der Waals surface area (Å²) >= 11 is 0. The lowest BCUT2D eigenvalue weighted by atomic mass is 10.1. The summed E-state index contributed by atoms with van der Waals surface area (Å²) in [6.07, 6.45) is 2.63. The molecule has 0 spiro atoms. The zero-order valence-corrected chi connectivity index (χ0v) is 14.7. The molecule has 0 aromatic heterocycles. The maximum absolute atomic E-state index is 11.4. The van der Waals surface area contributed by atoms with Gasteiger partial charge >= 0.3 is 5.97 Å². The van der Waals surface area contributed by atoms with Gasteiger partial charge < -0.3 is 19.7 Å². The Kier molecular flexibility index (Phi) is 7.06. The van der Waals surface area contributed by atoms with Gasteiger partial charge in [0.2, 0.25) is 0 Å². The molecule has 2 rings (SSSR count). The number of guanidine groups is 1. The van der Waals surface area contributed by atoms with E-state index in [0.29, 0.717) is 18.7 Å². The number of methoxy groups -OCH3 is 1. The molecule has 24 heavy (non-hydrogen) atoms. The zero-order valence-electron chi connectivity index (χ0n) is 14.7. The lowest BCUT2D eigenvalue weighted by Gasteiger charge is -2.22. The van der Waals surface area contributed by atoms with Gasteiger partial charge in [0, 0.05) is 33.8 Å². The van der Waals surface area contributed by atoms with Crippen molar-refractivity contribution in [2.24, 2.45) is 10.9 Å². The van der Waals surface area contributed by atoms with Crippen molar-refractivity contribution in [1.82, 2.24) is 10.2 Å². The smallest absolute Gasteiger partial charge is 0.337 e. The number of carbonyl (C=O) groups excluding carboxylic acids is 1. The lowest BCUT2D eigenvalue weighted by molar-refractivity contribution is 0.0600. The highest BCUT2D eigenvalue weighted by Crippen LogP contribution is 2.28. The van der Waals surface area contributed by atoms with Crippen LogP contribution in [0.25, 0.3) is 0 Å². The molecule has 0 bridgehead atoms. The predicted octanol–water partition coefficient (Wildman–Crippen LogP) is 1.91. The van der Waals surface area contributed by atoms with Crippen molar-refractivity contribution in [3.63, 3.8) is 0 Å². The van der Waals surface area contributed by atoms with Crippen LogP contribution in [0.2, 0.25) is 0 Å². The first-order chi connectivity index (χ1) is 11.6. The number of likely N-dealkylation sites (N-methyl/N-ethyl adjacent to an activating group) is 1. The maximum Gasteiger partial charge on any atom is 0.337 e. The van der Waals surface area contributed by atoms with Crippen molar-refractivity contribution in [2.45, 2.75) is 19.4 Å². The third-order valence-electron chi connectivity index (χ3n) is 4.02. The van der Waals surface area contributed by atoms with Crippen molar-refractivity contribution < 1.29 is 14.3 Å². The first-order valence-electron chi connectivity index (χ1n) is 8.30. The highest BCUT2D eigenvalue weighted by Gasteiger charge is 2.21. The first kappa shape index (κ1) is 18.3. The number of benzene rings is 1. The van der Waals surface area contributed by atoms with Gasteiger partial charge in [0.05, 0.1) is 19.3 Å². The minimum absolute atomic E-state index is 0.323. The molecule has 1 fully saturated rings. The van der Waals surface area contributed by atoms with Crippen LogP contribution in [0.5, 0.6) is 0 Å².